The van der Waals surface area contributed by atoms with Crippen LogP contribution in [0, 0.1) is 0 Å². The second-order valence-corrected chi connectivity index (χ2v) is 6.14. The number of aromatic amines is 1. The Morgan fingerprint density at radius 1 is 0.963 bits per heavy atom. The number of carbonyl (C=O) groups is 1. The summed E-state index contributed by atoms with van der Waals surface area (Å²) in [5.41, 5.74) is 1.95. The summed E-state index contributed by atoms with van der Waals surface area (Å²) in [6.07, 6.45) is 1.75. The highest BCUT2D eigenvalue weighted by Gasteiger charge is 2.21. The molecule has 7 heteroatoms. The first-order valence-electron chi connectivity index (χ1n) is 8.27. The lowest BCUT2D eigenvalue weighted by Crippen LogP contribution is -2.36. The van der Waals surface area contributed by atoms with E-state index in [1.54, 1.807) is 18.3 Å². The van der Waals surface area contributed by atoms with Crippen molar-refractivity contribution in [2.24, 2.45) is 0 Å². The van der Waals surface area contributed by atoms with Crippen molar-refractivity contribution < 1.29 is 9.90 Å². The summed E-state index contributed by atoms with van der Waals surface area (Å²) < 4.78 is 0. The zero-order valence-electron chi connectivity index (χ0n) is 14.1. The Morgan fingerprint density at radius 3 is 2.41 bits per heavy atom. The summed E-state index contributed by atoms with van der Waals surface area (Å²) in [6, 6.07) is 13.9. The molecule has 7 nitrogen and oxygen atoms in total. The fraction of sp³-hybridized carbons (Fsp3) is 0.0500. The van der Waals surface area contributed by atoms with Gasteiger partial charge in [-0.3, -0.25) is 9.59 Å². The number of anilines is 3. The topological polar surface area (TPSA) is 111 Å². The lowest BCUT2D eigenvalue weighted by molar-refractivity contribution is 0.0697. The van der Waals surface area contributed by atoms with Gasteiger partial charge in [0.25, 0.3) is 10.9 Å². The molecule has 0 saturated carbocycles. The Hall–Kier alpha value is -3.87. The molecule has 0 radical (unpaired) electrons. The molecule has 0 aliphatic carbocycles. The highest BCUT2D eigenvalue weighted by molar-refractivity contribution is 5.95. The maximum atomic E-state index is 12.0. The van der Waals surface area contributed by atoms with Crippen molar-refractivity contribution in [2.75, 3.05) is 10.6 Å². The maximum absolute atomic E-state index is 12.0. The van der Waals surface area contributed by atoms with Crippen LogP contribution in [0.1, 0.15) is 15.9 Å². The third kappa shape index (κ3) is 2.95. The van der Waals surface area contributed by atoms with E-state index in [1.165, 1.54) is 12.1 Å². The number of rotatable bonds is 6. The summed E-state index contributed by atoms with van der Waals surface area (Å²) >= 11 is 0. The first-order chi connectivity index (χ1) is 13.0. The van der Waals surface area contributed by atoms with Crippen molar-refractivity contribution >= 4 is 33.9 Å². The Balaban J connectivity index is 1.53. The van der Waals surface area contributed by atoms with E-state index in [9.17, 15) is 14.4 Å². The predicted octanol–water partition coefficient (Wildman–Crippen LogP) is 2.82. The van der Waals surface area contributed by atoms with Crippen molar-refractivity contribution in [3.05, 3.63) is 86.3 Å². The minimum atomic E-state index is -0.998. The highest BCUT2D eigenvalue weighted by atomic mass is 16.4. The van der Waals surface area contributed by atoms with Crippen LogP contribution in [-0.4, -0.2) is 16.1 Å². The number of hydrogen-bond acceptors (Lipinski definition) is 5. The third-order valence-corrected chi connectivity index (χ3v) is 4.43. The summed E-state index contributed by atoms with van der Waals surface area (Å²) in [5, 5.41) is 15.8. The molecule has 0 amide bonds. The molecule has 0 bridgehead atoms. The lowest BCUT2D eigenvalue weighted by atomic mass is 10.1. The number of carboxylic acid groups (broad SMARTS) is 1. The van der Waals surface area contributed by atoms with E-state index in [1.807, 2.05) is 24.3 Å². The standard InChI is InChI=1S/C20H15N3O4/c24-18-16(22-9-11-5-7-12(8-6-11)20(26)27)17(19(18)25)23-15-10-21-14-4-2-1-3-13(14)15/h1-8,10,21-23H,9H2,(H,26,27). The Labute approximate surface area is 153 Å². The fourth-order valence-corrected chi connectivity index (χ4v) is 2.94. The third-order valence-electron chi connectivity index (χ3n) is 4.43. The molecular weight excluding hydrogens is 346 g/mol. The van der Waals surface area contributed by atoms with Gasteiger partial charge in [0, 0.05) is 23.6 Å². The van der Waals surface area contributed by atoms with Gasteiger partial charge in [-0.2, -0.15) is 0 Å². The minimum absolute atomic E-state index is 0.189. The smallest absolute Gasteiger partial charge is 0.335 e. The van der Waals surface area contributed by atoms with E-state index in [4.69, 9.17) is 5.11 Å². The van der Waals surface area contributed by atoms with E-state index in [0.717, 1.165) is 16.5 Å². The van der Waals surface area contributed by atoms with Gasteiger partial charge in [-0.05, 0) is 23.8 Å². The molecule has 27 heavy (non-hydrogen) atoms. The monoisotopic (exact) mass is 361 g/mol. The molecule has 0 atom stereocenters. The molecular formula is C20H15N3O4. The molecule has 1 heterocycles. The van der Waals surface area contributed by atoms with E-state index in [-0.39, 0.29) is 16.9 Å². The van der Waals surface area contributed by atoms with Crippen molar-refractivity contribution in [1.82, 2.24) is 4.98 Å². The van der Waals surface area contributed by atoms with Crippen LogP contribution in [0.15, 0.2) is 64.3 Å². The van der Waals surface area contributed by atoms with Gasteiger partial charge in [-0.15, -0.1) is 0 Å². The van der Waals surface area contributed by atoms with Crippen LogP contribution in [0.5, 0.6) is 0 Å². The number of fused-ring (bicyclic) bond motifs is 1. The van der Waals surface area contributed by atoms with Crippen LogP contribution in [0.4, 0.5) is 17.1 Å². The van der Waals surface area contributed by atoms with Gasteiger partial charge in [0.15, 0.2) is 0 Å². The summed E-state index contributed by atoms with van der Waals surface area (Å²) in [7, 11) is 0. The summed E-state index contributed by atoms with van der Waals surface area (Å²) in [4.78, 5) is 37.9. The number of hydrogen-bond donors (Lipinski definition) is 4. The van der Waals surface area contributed by atoms with Crippen LogP contribution >= 0.6 is 0 Å². The van der Waals surface area contributed by atoms with E-state index in [2.05, 4.69) is 15.6 Å². The van der Waals surface area contributed by atoms with Gasteiger partial charge in [0.1, 0.15) is 11.4 Å². The number of para-hydroxylation sites is 1. The number of carboxylic acids is 1. The average molecular weight is 361 g/mol. The highest BCUT2D eigenvalue weighted by Crippen LogP contribution is 2.27. The van der Waals surface area contributed by atoms with Gasteiger partial charge in [0.2, 0.25) is 0 Å². The molecule has 134 valence electrons. The molecule has 4 N–H and O–H groups in total. The second kappa shape index (κ2) is 6.45. The molecule has 3 aromatic carbocycles. The van der Waals surface area contributed by atoms with Crippen molar-refractivity contribution in [3.8, 4) is 0 Å². The second-order valence-electron chi connectivity index (χ2n) is 6.14. The molecule has 1 aromatic heterocycles. The fourth-order valence-electron chi connectivity index (χ4n) is 2.94. The molecule has 0 fully saturated rings. The van der Waals surface area contributed by atoms with Gasteiger partial charge in [-0.25, -0.2) is 4.79 Å². The molecule has 0 saturated heterocycles. The maximum Gasteiger partial charge on any atom is 0.335 e. The molecule has 0 spiro atoms. The normalized spacial score (nSPS) is 11.0. The molecule has 0 aliphatic heterocycles. The largest absolute Gasteiger partial charge is 0.478 e. The van der Waals surface area contributed by atoms with Gasteiger partial charge in [0.05, 0.1) is 11.3 Å². The summed E-state index contributed by atoms with van der Waals surface area (Å²) in [5.74, 6) is -0.998. The number of aromatic nitrogens is 1. The Kier molecular flexibility index (Phi) is 3.97. The zero-order chi connectivity index (χ0) is 19.0. The van der Waals surface area contributed by atoms with E-state index < -0.39 is 16.8 Å². The Bertz CT molecular complexity index is 1210. The molecule has 4 rings (SSSR count). The first kappa shape index (κ1) is 16.6. The van der Waals surface area contributed by atoms with Crippen molar-refractivity contribution in [1.29, 1.82) is 0 Å². The SMILES string of the molecule is O=C(O)c1ccc(CNc2c(Nc3c[nH]c4ccccc34)c(=O)c2=O)cc1. The average Bonchev–Trinajstić information content (AvgIpc) is 3.10. The number of aromatic carboxylic acids is 1. The number of nitrogens with one attached hydrogen (secondary N) is 3. The van der Waals surface area contributed by atoms with Crippen LogP contribution < -0.4 is 21.5 Å². The number of benzene rings is 2. The predicted molar refractivity (Wildman–Crippen MR) is 104 cm³/mol. The van der Waals surface area contributed by atoms with Gasteiger partial charge >= 0.3 is 5.97 Å². The van der Waals surface area contributed by atoms with Crippen LogP contribution in [0.25, 0.3) is 10.9 Å². The quantitative estimate of drug-likeness (QED) is 0.393. The van der Waals surface area contributed by atoms with Crippen molar-refractivity contribution in [3.63, 3.8) is 0 Å². The van der Waals surface area contributed by atoms with Crippen LogP contribution in [0.2, 0.25) is 0 Å². The van der Waals surface area contributed by atoms with Crippen LogP contribution in [-0.2, 0) is 6.54 Å². The molecule has 0 aliphatic rings. The van der Waals surface area contributed by atoms with Crippen molar-refractivity contribution in [2.45, 2.75) is 6.54 Å². The van der Waals surface area contributed by atoms with Gasteiger partial charge in [-0.1, -0.05) is 30.3 Å². The van der Waals surface area contributed by atoms with Crippen LogP contribution in [0.3, 0.4) is 0 Å². The van der Waals surface area contributed by atoms with Gasteiger partial charge < -0.3 is 20.7 Å². The molecule has 0 unspecified atom stereocenters. The summed E-state index contributed by atoms with van der Waals surface area (Å²) in [6.45, 7) is 0.299. The minimum Gasteiger partial charge on any atom is -0.478 e. The lowest BCUT2D eigenvalue weighted by Gasteiger charge is -2.14. The number of H-pyrrole nitrogens is 1. The molecule has 4 aromatic rings. The zero-order valence-corrected chi connectivity index (χ0v) is 14.1. The van der Waals surface area contributed by atoms with E-state index >= 15 is 0 Å². The van der Waals surface area contributed by atoms with E-state index in [0.29, 0.717) is 12.2 Å². The first-order valence-corrected chi connectivity index (χ1v) is 8.27. The Morgan fingerprint density at radius 2 is 1.67 bits per heavy atom.